The van der Waals surface area contributed by atoms with E-state index in [0.717, 1.165) is 5.56 Å². The molecule has 1 aliphatic rings. The Kier molecular flexibility index (Phi) is 3.39. The van der Waals surface area contributed by atoms with Gasteiger partial charge in [-0.15, -0.1) is 0 Å². The van der Waals surface area contributed by atoms with Crippen molar-refractivity contribution in [3.8, 4) is 0 Å². The molecule has 0 saturated carbocycles. The Bertz CT molecular complexity index is 555. The van der Waals surface area contributed by atoms with Crippen molar-refractivity contribution in [2.75, 3.05) is 7.11 Å². The molecule has 4 heteroatoms. The number of ketones is 1. The summed E-state index contributed by atoms with van der Waals surface area (Å²) < 4.78 is 4.43. The summed E-state index contributed by atoms with van der Waals surface area (Å²) in [5.74, 6) is -1.59. The van der Waals surface area contributed by atoms with E-state index in [1.165, 1.54) is 7.11 Å². The van der Waals surface area contributed by atoms with Gasteiger partial charge in [0.2, 0.25) is 0 Å². The van der Waals surface area contributed by atoms with E-state index in [9.17, 15) is 14.7 Å². The highest BCUT2D eigenvalue weighted by molar-refractivity contribution is 6.41. The summed E-state index contributed by atoms with van der Waals surface area (Å²) in [5, 5.41) is 9.50. The first kappa shape index (κ1) is 12.3. The number of carbonyl (C=O) groups excluding carboxylic acids is 2. The lowest BCUT2D eigenvalue weighted by molar-refractivity contribution is -0.135. The summed E-state index contributed by atoms with van der Waals surface area (Å²) in [4.78, 5) is 23.1. The summed E-state index contributed by atoms with van der Waals surface area (Å²) in [6.07, 6.45) is 5.81. The Labute approximate surface area is 104 Å². The number of fused-ring (bicyclic) bond motifs is 1. The molecule has 18 heavy (non-hydrogen) atoms. The zero-order chi connectivity index (χ0) is 13.1. The summed E-state index contributed by atoms with van der Waals surface area (Å²) in [6.45, 7) is 0. The number of aliphatic hydroxyl groups excluding tert-OH is 1. The molecule has 0 aliphatic heterocycles. The third kappa shape index (κ3) is 2.24. The molecule has 1 aromatic rings. The number of carbonyl (C=O) groups is 2. The van der Waals surface area contributed by atoms with Gasteiger partial charge in [-0.2, -0.15) is 0 Å². The number of benzene rings is 1. The van der Waals surface area contributed by atoms with Crippen molar-refractivity contribution in [2.24, 2.45) is 0 Å². The lowest BCUT2D eigenvalue weighted by Crippen LogP contribution is -2.17. The predicted octanol–water partition coefficient (Wildman–Crippen LogP) is 1.44. The van der Waals surface area contributed by atoms with Crippen LogP contribution in [0.3, 0.4) is 0 Å². The lowest BCUT2D eigenvalue weighted by Gasteiger charge is -2.06. The zero-order valence-corrected chi connectivity index (χ0v) is 9.79. The normalized spacial score (nSPS) is 16.9. The van der Waals surface area contributed by atoms with Crippen LogP contribution < -0.4 is 0 Å². The van der Waals surface area contributed by atoms with Crippen molar-refractivity contribution in [3.05, 3.63) is 47.0 Å². The molecule has 0 saturated heterocycles. The van der Waals surface area contributed by atoms with Crippen molar-refractivity contribution in [3.63, 3.8) is 0 Å². The van der Waals surface area contributed by atoms with Crippen molar-refractivity contribution in [2.45, 2.75) is 6.10 Å². The highest BCUT2D eigenvalue weighted by Gasteiger charge is 2.20. The van der Waals surface area contributed by atoms with E-state index in [1.54, 1.807) is 36.4 Å². The Morgan fingerprint density at radius 1 is 1.22 bits per heavy atom. The Morgan fingerprint density at radius 2 is 1.94 bits per heavy atom. The Morgan fingerprint density at radius 3 is 2.67 bits per heavy atom. The van der Waals surface area contributed by atoms with Crippen molar-refractivity contribution in [1.82, 2.24) is 0 Å². The maximum Gasteiger partial charge on any atom is 0.379 e. The van der Waals surface area contributed by atoms with E-state index in [0.29, 0.717) is 5.56 Å². The number of rotatable bonds is 2. The monoisotopic (exact) mass is 244 g/mol. The molecule has 0 radical (unpaired) electrons. The standard InChI is InChI=1S/C14H12O4/c1-18-14(17)13(16)12-4-2-3-9-5-6-10(15)7-8-11(9)12/h2-8,10,15H,1H3. The van der Waals surface area contributed by atoms with Crippen LogP contribution in [0.2, 0.25) is 0 Å². The van der Waals surface area contributed by atoms with E-state index < -0.39 is 17.9 Å². The van der Waals surface area contributed by atoms with E-state index >= 15 is 0 Å². The number of ether oxygens (including phenoxy) is 1. The molecule has 1 atom stereocenters. The second-order valence-electron chi connectivity index (χ2n) is 3.84. The maximum absolute atomic E-state index is 11.8. The van der Waals surface area contributed by atoms with Gasteiger partial charge in [0.1, 0.15) is 0 Å². The fourth-order valence-corrected chi connectivity index (χ4v) is 1.78. The van der Waals surface area contributed by atoms with Crippen LogP contribution in [0.5, 0.6) is 0 Å². The molecule has 0 heterocycles. The minimum atomic E-state index is -0.898. The first-order valence-corrected chi connectivity index (χ1v) is 5.43. The topological polar surface area (TPSA) is 63.6 Å². The molecule has 1 N–H and O–H groups in total. The highest BCUT2D eigenvalue weighted by atomic mass is 16.5. The smallest absolute Gasteiger partial charge is 0.379 e. The average Bonchev–Trinajstić information content (AvgIpc) is 2.59. The van der Waals surface area contributed by atoms with Gasteiger partial charge in [-0.05, 0) is 11.1 Å². The number of Topliss-reactive ketones (excluding diaryl/α,β-unsaturated/α-hetero) is 1. The van der Waals surface area contributed by atoms with Gasteiger partial charge in [0.15, 0.2) is 0 Å². The third-order valence-corrected chi connectivity index (χ3v) is 2.69. The second kappa shape index (κ2) is 4.98. The summed E-state index contributed by atoms with van der Waals surface area (Å²) >= 11 is 0. The van der Waals surface area contributed by atoms with Gasteiger partial charge in [-0.25, -0.2) is 4.79 Å². The predicted molar refractivity (Wildman–Crippen MR) is 66.9 cm³/mol. The van der Waals surface area contributed by atoms with Gasteiger partial charge in [0.25, 0.3) is 5.78 Å². The summed E-state index contributed by atoms with van der Waals surface area (Å²) in [6, 6.07) is 5.06. The molecule has 0 fully saturated rings. The molecule has 0 spiro atoms. The number of esters is 1. The fourth-order valence-electron chi connectivity index (χ4n) is 1.78. The van der Waals surface area contributed by atoms with Crippen LogP contribution in [0.4, 0.5) is 0 Å². The molecule has 0 aromatic heterocycles. The SMILES string of the molecule is COC(=O)C(=O)c1cccc2c1C=CC(O)C=C2. The first-order valence-electron chi connectivity index (χ1n) is 5.43. The van der Waals surface area contributed by atoms with Crippen molar-refractivity contribution in [1.29, 1.82) is 0 Å². The largest absolute Gasteiger partial charge is 0.463 e. The van der Waals surface area contributed by atoms with Crippen molar-refractivity contribution >= 4 is 23.9 Å². The Balaban J connectivity index is 2.53. The molecule has 1 unspecified atom stereocenters. The van der Waals surface area contributed by atoms with Crippen LogP contribution in [-0.4, -0.2) is 30.1 Å². The fraction of sp³-hybridized carbons (Fsp3) is 0.143. The molecule has 2 rings (SSSR count). The Hall–Kier alpha value is -2.20. The van der Waals surface area contributed by atoms with Gasteiger partial charge < -0.3 is 9.84 Å². The quantitative estimate of drug-likeness (QED) is 0.486. The van der Waals surface area contributed by atoms with Gasteiger partial charge in [0.05, 0.1) is 13.2 Å². The first-order chi connectivity index (χ1) is 8.63. The molecule has 1 aliphatic carbocycles. The molecule has 0 bridgehead atoms. The second-order valence-corrected chi connectivity index (χ2v) is 3.84. The number of methoxy groups -OCH3 is 1. The number of hydrogen-bond donors (Lipinski definition) is 1. The van der Waals surface area contributed by atoms with Crippen LogP contribution in [0.1, 0.15) is 21.5 Å². The summed E-state index contributed by atoms with van der Waals surface area (Å²) in [5.41, 5.74) is 1.66. The number of hydrogen-bond acceptors (Lipinski definition) is 4. The van der Waals surface area contributed by atoms with E-state index in [4.69, 9.17) is 0 Å². The molecular formula is C14H12O4. The number of aliphatic hydroxyl groups is 1. The van der Waals surface area contributed by atoms with Gasteiger partial charge in [-0.3, -0.25) is 4.79 Å². The summed E-state index contributed by atoms with van der Waals surface area (Å²) in [7, 11) is 1.17. The molecular weight excluding hydrogens is 232 g/mol. The molecule has 1 aromatic carbocycles. The van der Waals surface area contributed by atoms with Crippen molar-refractivity contribution < 1.29 is 19.4 Å². The average molecular weight is 244 g/mol. The molecule has 92 valence electrons. The van der Waals surface area contributed by atoms with E-state index in [2.05, 4.69) is 4.74 Å². The van der Waals surface area contributed by atoms with Crippen LogP contribution in [0.25, 0.3) is 12.2 Å². The van der Waals surface area contributed by atoms with Gasteiger partial charge in [-0.1, -0.05) is 42.5 Å². The van der Waals surface area contributed by atoms with Crippen LogP contribution >= 0.6 is 0 Å². The highest BCUT2D eigenvalue weighted by Crippen LogP contribution is 2.22. The van der Waals surface area contributed by atoms with Gasteiger partial charge in [0, 0.05) is 5.56 Å². The molecule has 0 amide bonds. The maximum atomic E-state index is 11.8. The third-order valence-electron chi connectivity index (χ3n) is 2.69. The lowest BCUT2D eigenvalue weighted by atomic mass is 9.98. The zero-order valence-electron chi connectivity index (χ0n) is 9.79. The van der Waals surface area contributed by atoms with Crippen LogP contribution in [0.15, 0.2) is 30.4 Å². The molecule has 4 nitrogen and oxygen atoms in total. The minimum Gasteiger partial charge on any atom is -0.463 e. The van der Waals surface area contributed by atoms with Crippen LogP contribution in [0, 0.1) is 0 Å². The van der Waals surface area contributed by atoms with E-state index in [-0.39, 0.29) is 5.56 Å². The van der Waals surface area contributed by atoms with E-state index in [1.807, 2.05) is 6.07 Å². The minimum absolute atomic E-state index is 0.273. The van der Waals surface area contributed by atoms with Gasteiger partial charge >= 0.3 is 5.97 Å². The van der Waals surface area contributed by atoms with Crippen LogP contribution in [-0.2, 0) is 9.53 Å².